The van der Waals surface area contributed by atoms with Crippen LogP contribution in [0, 0.1) is 5.92 Å². The third kappa shape index (κ3) is 2.72. The predicted octanol–water partition coefficient (Wildman–Crippen LogP) is -0.258. The number of nitrogens with one attached hydrogen (secondary N) is 1. The normalized spacial score (nSPS) is 24.4. The average molecular weight is 228 g/mol. The molecule has 5 nitrogen and oxygen atoms in total. The number of amides is 2. The summed E-state index contributed by atoms with van der Waals surface area (Å²) in [6, 6.07) is 0. The van der Waals surface area contributed by atoms with Gasteiger partial charge in [-0.15, -0.1) is 0 Å². The van der Waals surface area contributed by atoms with Crippen LogP contribution in [0.15, 0.2) is 0 Å². The molecular weight excluding hydrogens is 208 g/mol. The summed E-state index contributed by atoms with van der Waals surface area (Å²) in [5.41, 5.74) is -0.582. The van der Waals surface area contributed by atoms with Crippen molar-refractivity contribution in [2.45, 2.75) is 32.2 Å². The summed E-state index contributed by atoms with van der Waals surface area (Å²) in [4.78, 5) is 24.7. The SMILES string of the molecule is CCC(C)(CO)NC(=O)C1CC(=O)N(C)C1. The van der Waals surface area contributed by atoms with Crippen LogP contribution in [0.25, 0.3) is 0 Å². The molecule has 5 heteroatoms. The molecule has 0 aliphatic carbocycles. The maximum absolute atomic E-state index is 11.9. The Morgan fingerprint density at radius 2 is 2.31 bits per heavy atom. The van der Waals surface area contributed by atoms with Gasteiger partial charge in [0.05, 0.1) is 18.1 Å². The maximum Gasteiger partial charge on any atom is 0.225 e. The standard InChI is InChI=1S/C11H20N2O3/c1-4-11(2,7-14)12-10(16)8-5-9(15)13(3)6-8/h8,14H,4-7H2,1-3H3,(H,12,16). The second-order valence-electron chi connectivity index (χ2n) is 4.74. The molecule has 0 aromatic carbocycles. The van der Waals surface area contributed by atoms with Crippen LogP contribution in [0.5, 0.6) is 0 Å². The Labute approximate surface area is 95.8 Å². The van der Waals surface area contributed by atoms with Crippen LogP contribution in [-0.2, 0) is 9.59 Å². The van der Waals surface area contributed by atoms with E-state index in [1.807, 2.05) is 6.92 Å². The van der Waals surface area contributed by atoms with Gasteiger partial charge in [0.2, 0.25) is 11.8 Å². The summed E-state index contributed by atoms with van der Waals surface area (Å²) in [5.74, 6) is -0.423. The van der Waals surface area contributed by atoms with E-state index in [9.17, 15) is 14.7 Å². The van der Waals surface area contributed by atoms with Crippen LogP contribution in [0.4, 0.5) is 0 Å². The minimum Gasteiger partial charge on any atom is -0.394 e. The molecule has 0 bridgehead atoms. The van der Waals surface area contributed by atoms with Crippen molar-refractivity contribution in [3.8, 4) is 0 Å². The molecule has 1 aliphatic rings. The van der Waals surface area contributed by atoms with E-state index in [0.717, 1.165) is 0 Å². The number of hydrogen-bond acceptors (Lipinski definition) is 3. The zero-order valence-electron chi connectivity index (χ0n) is 10.1. The van der Waals surface area contributed by atoms with Gasteiger partial charge in [-0.05, 0) is 13.3 Å². The fraction of sp³-hybridized carbons (Fsp3) is 0.818. The molecule has 1 fully saturated rings. The van der Waals surface area contributed by atoms with Crippen LogP contribution in [0.2, 0.25) is 0 Å². The lowest BCUT2D eigenvalue weighted by Gasteiger charge is -2.28. The van der Waals surface area contributed by atoms with Crippen molar-refractivity contribution in [1.82, 2.24) is 10.2 Å². The minimum absolute atomic E-state index is 0.00218. The number of hydrogen-bond donors (Lipinski definition) is 2. The molecule has 2 N–H and O–H groups in total. The van der Waals surface area contributed by atoms with E-state index in [0.29, 0.717) is 13.0 Å². The van der Waals surface area contributed by atoms with Gasteiger partial charge < -0.3 is 15.3 Å². The Hall–Kier alpha value is -1.10. The number of carbonyl (C=O) groups is 2. The summed E-state index contributed by atoms with van der Waals surface area (Å²) in [7, 11) is 1.70. The molecule has 2 amide bonds. The number of rotatable bonds is 4. The van der Waals surface area contributed by atoms with E-state index >= 15 is 0 Å². The Balaban J connectivity index is 2.57. The highest BCUT2D eigenvalue weighted by atomic mass is 16.3. The highest BCUT2D eigenvalue weighted by Crippen LogP contribution is 2.18. The molecule has 0 aromatic rings. The van der Waals surface area contributed by atoms with Gasteiger partial charge in [-0.25, -0.2) is 0 Å². The molecule has 16 heavy (non-hydrogen) atoms. The second-order valence-corrected chi connectivity index (χ2v) is 4.74. The molecule has 1 aliphatic heterocycles. The van der Waals surface area contributed by atoms with E-state index in [-0.39, 0.29) is 30.8 Å². The lowest BCUT2D eigenvalue weighted by molar-refractivity contribution is -0.129. The molecule has 2 unspecified atom stereocenters. The molecule has 0 aromatic heterocycles. The van der Waals surface area contributed by atoms with E-state index in [2.05, 4.69) is 5.32 Å². The van der Waals surface area contributed by atoms with Crippen LogP contribution >= 0.6 is 0 Å². The van der Waals surface area contributed by atoms with Gasteiger partial charge in [0, 0.05) is 20.0 Å². The summed E-state index contributed by atoms with van der Waals surface area (Å²) in [6.45, 7) is 4.08. The smallest absolute Gasteiger partial charge is 0.225 e. The van der Waals surface area contributed by atoms with Crippen molar-refractivity contribution in [2.24, 2.45) is 5.92 Å². The fourth-order valence-corrected chi connectivity index (χ4v) is 1.68. The van der Waals surface area contributed by atoms with Gasteiger partial charge in [0.25, 0.3) is 0 Å². The van der Waals surface area contributed by atoms with Crippen molar-refractivity contribution in [1.29, 1.82) is 0 Å². The van der Waals surface area contributed by atoms with Crippen molar-refractivity contribution >= 4 is 11.8 Å². The molecule has 1 saturated heterocycles. The first-order chi connectivity index (χ1) is 7.41. The number of carbonyl (C=O) groups excluding carboxylic acids is 2. The van der Waals surface area contributed by atoms with E-state index in [1.54, 1.807) is 18.9 Å². The maximum atomic E-state index is 11.9. The molecule has 92 valence electrons. The van der Waals surface area contributed by atoms with Crippen molar-refractivity contribution in [3.63, 3.8) is 0 Å². The quantitative estimate of drug-likeness (QED) is 0.696. The van der Waals surface area contributed by atoms with Crippen molar-refractivity contribution in [2.75, 3.05) is 20.2 Å². The van der Waals surface area contributed by atoms with E-state index in [1.165, 1.54) is 0 Å². The Morgan fingerprint density at radius 1 is 1.69 bits per heavy atom. The molecule has 0 saturated carbocycles. The second kappa shape index (κ2) is 4.82. The number of aliphatic hydroxyl groups is 1. The zero-order valence-corrected chi connectivity index (χ0v) is 10.1. The Kier molecular flexibility index (Phi) is 3.91. The summed E-state index contributed by atoms with van der Waals surface area (Å²) in [5, 5.41) is 12.0. The highest BCUT2D eigenvalue weighted by molar-refractivity contribution is 5.89. The minimum atomic E-state index is -0.582. The van der Waals surface area contributed by atoms with Gasteiger partial charge in [0.15, 0.2) is 0 Å². The highest BCUT2D eigenvalue weighted by Gasteiger charge is 2.34. The number of nitrogens with zero attached hydrogens (tertiary/aromatic N) is 1. The van der Waals surface area contributed by atoms with Crippen LogP contribution in [-0.4, -0.2) is 47.6 Å². The van der Waals surface area contributed by atoms with Crippen LogP contribution in [0.3, 0.4) is 0 Å². The van der Waals surface area contributed by atoms with Crippen LogP contribution < -0.4 is 5.32 Å². The Bertz CT molecular complexity index is 287. The van der Waals surface area contributed by atoms with Crippen molar-refractivity contribution in [3.05, 3.63) is 0 Å². The Morgan fingerprint density at radius 3 is 2.69 bits per heavy atom. The first-order valence-corrected chi connectivity index (χ1v) is 5.58. The number of aliphatic hydroxyl groups excluding tert-OH is 1. The molecule has 0 radical (unpaired) electrons. The summed E-state index contributed by atoms with van der Waals surface area (Å²) < 4.78 is 0. The third-order valence-electron chi connectivity index (χ3n) is 3.27. The molecule has 1 rings (SSSR count). The fourth-order valence-electron chi connectivity index (χ4n) is 1.68. The first kappa shape index (κ1) is 13.0. The first-order valence-electron chi connectivity index (χ1n) is 5.58. The lowest BCUT2D eigenvalue weighted by atomic mass is 9.98. The molecule has 1 heterocycles. The molecular formula is C11H20N2O3. The zero-order chi connectivity index (χ0) is 12.3. The van der Waals surface area contributed by atoms with Gasteiger partial charge >= 0.3 is 0 Å². The average Bonchev–Trinajstić information content (AvgIpc) is 2.59. The van der Waals surface area contributed by atoms with Crippen molar-refractivity contribution < 1.29 is 14.7 Å². The monoisotopic (exact) mass is 228 g/mol. The van der Waals surface area contributed by atoms with E-state index in [4.69, 9.17) is 0 Å². The predicted molar refractivity (Wildman–Crippen MR) is 59.7 cm³/mol. The summed E-state index contributed by atoms with van der Waals surface area (Å²) >= 11 is 0. The molecule has 0 spiro atoms. The number of likely N-dealkylation sites (tertiary alicyclic amines) is 1. The van der Waals surface area contributed by atoms with Gasteiger partial charge in [-0.2, -0.15) is 0 Å². The summed E-state index contributed by atoms with van der Waals surface area (Å²) in [6.07, 6.45) is 0.930. The topological polar surface area (TPSA) is 69.6 Å². The molecule has 2 atom stereocenters. The third-order valence-corrected chi connectivity index (χ3v) is 3.27. The van der Waals surface area contributed by atoms with Gasteiger partial charge in [-0.1, -0.05) is 6.92 Å². The van der Waals surface area contributed by atoms with E-state index < -0.39 is 5.54 Å². The largest absolute Gasteiger partial charge is 0.394 e. The van der Waals surface area contributed by atoms with Gasteiger partial charge in [-0.3, -0.25) is 9.59 Å². The lowest BCUT2D eigenvalue weighted by Crippen LogP contribution is -2.50. The van der Waals surface area contributed by atoms with Gasteiger partial charge in [0.1, 0.15) is 0 Å². The van der Waals surface area contributed by atoms with Crippen LogP contribution in [0.1, 0.15) is 26.7 Å².